The predicted molar refractivity (Wildman–Crippen MR) is 75.7 cm³/mol. The molecule has 4 heteroatoms. The quantitative estimate of drug-likeness (QED) is 0.654. The van der Waals surface area contributed by atoms with Crippen LogP contribution in [0.4, 0.5) is 0 Å². The van der Waals surface area contributed by atoms with E-state index in [-0.39, 0.29) is 11.5 Å². The highest BCUT2D eigenvalue weighted by Crippen LogP contribution is 2.23. The molecule has 0 aliphatic carbocycles. The number of epoxide rings is 1. The first-order valence-electron chi connectivity index (χ1n) is 5.95. The maximum absolute atomic E-state index is 9.11. The van der Waals surface area contributed by atoms with Crippen LogP contribution >= 0.6 is 11.6 Å². The lowest BCUT2D eigenvalue weighted by Crippen LogP contribution is -1.80. The number of hydrogen-bond donors (Lipinski definition) is 2. The second-order valence-electron chi connectivity index (χ2n) is 4.20. The summed E-state index contributed by atoms with van der Waals surface area (Å²) in [5.41, 5.74) is 2.03. The van der Waals surface area contributed by atoms with Crippen molar-refractivity contribution < 1.29 is 14.9 Å². The molecule has 0 spiro atoms. The molecule has 1 unspecified atom stereocenters. The Balaban J connectivity index is 0.000000224. The van der Waals surface area contributed by atoms with E-state index >= 15 is 0 Å². The van der Waals surface area contributed by atoms with Gasteiger partial charge < -0.3 is 14.9 Å². The number of aromatic hydroxyl groups is 2. The minimum Gasteiger partial charge on any atom is -0.508 e. The van der Waals surface area contributed by atoms with Gasteiger partial charge in [-0.25, -0.2) is 0 Å². The third kappa shape index (κ3) is 4.47. The molecule has 0 aromatic heterocycles. The van der Waals surface area contributed by atoms with Crippen molar-refractivity contribution in [1.82, 2.24) is 0 Å². The molecule has 0 radical (unpaired) electrons. The van der Waals surface area contributed by atoms with Gasteiger partial charge in [0, 0.05) is 0 Å². The molecule has 1 saturated heterocycles. The summed E-state index contributed by atoms with van der Waals surface area (Å²) in [5, 5.41) is 18.2. The molecule has 2 N–H and O–H groups in total. The van der Waals surface area contributed by atoms with Crippen molar-refractivity contribution >= 4 is 11.6 Å². The van der Waals surface area contributed by atoms with Crippen LogP contribution in [0.25, 0.3) is 11.1 Å². The number of ether oxygens (including phenoxy) is 1. The molecule has 19 heavy (non-hydrogen) atoms. The van der Waals surface area contributed by atoms with Gasteiger partial charge >= 0.3 is 0 Å². The maximum Gasteiger partial charge on any atom is 0.115 e. The second-order valence-corrected chi connectivity index (χ2v) is 4.51. The summed E-state index contributed by atoms with van der Waals surface area (Å²) in [4.78, 5) is 0. The lowest BCUT2D eigenvalue weighted by molar-refractivity contribution is 0.425. The third-order valence-electron chi connectivity index (χ3n) is 2.64. The largest absolute Gasteiger partial charge is 0.508 e. The number of phenols is 2. The molecule has 0 amide bonds. The SMILES string of the molecule is ClCC1CO1.Oc1ccc(-c2ccc(O)cc2)cc1. The van der Waals surface area contributed by atoms with E-state index in [9.17, 15) is 0 Å². The topological polar surface area (TPSA) is 53.0 Å². The van der Waals surface area contributed by atoms with Gasteiger partial charge in [-0.3, -0.25) is 0 Å². The lowest BCUT2D eigenvalue weighted by atomic mass is 10.1. The highest BCUT2D eigenvalue weighted by atomic mass is 35.5. The summed E-state index contributed by atoms with van der Waals surface area (Å²) < 4.78 is 4.73. The van der Waals surface area contributed by atoms with Crippen molar-refractivity contribution in [3.63, 3.8) is 0 Å². The van der Waals surface area contributed by atoms with Crippen LogP contribution < -0.4 is 0 Å². The normalized spacial score (nSPS) is 16.4. The number of benzene rings is 2. The highest BCUT2D eigenvalue weighted by Gasteiger charge is 2.19. The molecule has 1 heterocycles. The second kappa shape index (κ2) is 6.45. The van der Waals surface area contributed by atoms with Crippen molar-refractivity contribution in [3.05, 3.63) is 48.5 Å². The van der Waals surface area contributed by atoms with Crippen molar-refractivity contribution in [2.24, 2.45) is 0 Å². The fraction of sp³-hybridized carbons (Fsp3) is 0.200. The number of alkyl halides is 1. The van der Waals surface area contributed by atoms with Crippen LogP contribution in [-0.4, -0.2) is 28.8 Å². The average molecular weight is 279 g/mol. The molecule has 0 saturated carbocycles. The minimum absolute atomic E-state index is 0.257. The van der Waals surface area contributed by atoms with Gasteiger partial charge in [-0.05, 0) is 35.4 Å². The average Bonchev–Trinajstić information content (AvgIpc) is 3.25. The van der Waals surface area contributed by atoms with E-state index < -0.39 is 0 Å². The van der Waals surface area contributed by atoms with E-state index in [2.05, 4.69) is 0 Å². The summed E-state index contributed by atoms with van der Waals surface area (Å²) in [7, 11) is 0. The van der Waals surface area contributed by atoms with Crippen LogP contribution in [0.5, 0.6) is 11.5 Å². The Morgan fingerprint density at radius 3 is 1.47 bits per heavy atom. The van der Waals surface area contributed by atoms with Gasteiger partial charge in [-0.2, -0.15) is 0 Å². The lowest BCUT2D eigenvalue weighted by Gasteiger charge is -2.01. The van der Waals surface area contributed by atoms with Crippen molar-refractivity contribution in [3.8, 4) is 22.6 Å². The van der Waals surface area contributed by atoms with Gasteiger partial charge in [0.1, 0.15) is 11.5 Å². The van der Waals surface area contributed by atoms with Gasteiger partial charge in [-0.1, -0.05) is 24.3 Å². The van der Waals surface area contributed by atoms with Gasteiger partial charge in [0.25, 0.3) is 0 Å². The summed E-state index contributed by atoms with van der Waals surface area (Å²) in [6.07, 6.45) is 0.400. The summed E-state index contributed by atoms with van der Waals surface area (Å²) in [5.74, 6) is 1.18. The van der Waals surface area contributed by atoms with Crippen LogP contribution in [0.1, 0.15) is 0 Å². The maximum atomic E-state index is 9.11. The Hall–Kier alpha value is -1.71. The molecule has 1 aliphatic heterocycles. The van der Waals surface area contributed by atoms with Crippen LogP contribution in [0.2, 0.25) is 0 Å². The van der Waals surface area contributed by atoms with Crippen molar-refractivity contribution in [2.75, 3.05) is 12.5 Å². The monoisotopic (exact) mass is 278 g/mol. The molecular formula is C15H15ClO3. The van der Waals surface area contributed by atoms with Crippen LogP contribution in [0, 0.1) is 0 Å². The summed E-state index contributed by atoms with van der Waals surface area (Å²) in [6.45, 7) is 0.878. The summed E-state index contributed by atoms with van der Waals surface area (Å²) in [6, 6.07) is 13.9. The van der Waals surface area contributed by atoms with E-state index in [0.29, 0.717) is 12.0 Å². The van der Waals surface area contributed by atoms with E-state index in [4.69, 9.17) is 26.6 Å². The predicted octanol–water partition coefficient (Wildman–Crippen LogP) is 3.39. The first kappa shape index (κ1) is 13.7. The molecule has 3 rings (SSSR count). The minimum atomic E-state index is 0.257. The first-order valence-corrected chi connectivity index (χ1v) is 6.48. The van der Waals surface area contributed by atoms with Gasteiger partial charge in [0.05, 0.1) is 18.6 Å². The van der Waals surface area contributed by atoms with E-state index in [1.807, 2.05) is 24.3 Å². The smallest absolute Gasteiger partial charge is 0.115 e. The number of hydrogen-bond acceptors (Lipinski definition) is 3. The standard InChI is InChI=1S/C12H10O2.C3H5ClO/c13-11-5-1-9(2-6-11)10-3-7-12(14)8-4-10;4-1-3-2-5-3/h1-8,13-14H;3H,1-2H2. The molecule has 1 atom stereocenters. The highest BCUT2D eigenvalue weighted by molar-refractivity contribution is 6.18. The number of phenolic OH excluding ortho intramolecular Hbond substituents is 2. The van der Waals surface area contributed by atoms with Crippen LogP contribution in [-0.2, 0) is 4.74 Å². The first-order chi connectivity index (χ1) is 9.19. The van der Waals surface area contributed by atoms with Crippen LogP contribution in [0.15, 0.2) is 48.5 Å². The van der Waals surface area contributed by atoms with E-state index in [0.717, 1.165) is 17.7 Å². The van der Waals surface area contributed by atoms with Gasteiger partial charge in [0.2, 0.25) is 0 Å². The fourth-order valence-corrected chi connectivity index (χ4v) is 1.64. The summed E-state index contributed by atoms with van der Waals surface area (Å²) >= 11 is 5.27. The zero-order chi connectivity index (χ0) is 13.7. The Labute approximate surface area is 117 Å². The molecule has 2 aromatic carbocycles. The van der Waals surface area contributed by atoms with Gasteiger partial charge in [0.15, 0.2) is 0 Å². The zero-order valence-corrected chi connectivity index (χ0v) is 11.0. The van der Waals surface area contributed by atoms with E-state index in [1.165, 1.54) is 0 Å². The zero-order valence-electron chi connectivity index (χ0n) is 10.3. The third-order valence-corrected chi connectivity index (χ3v) is 2.99. The molecule has 1 aliphatic rings. The van der Waals surface area contributed by atoms with Crippen molar-refractivity contribution in [1.29, 1.82) is 0 Å². The Kier molecular flexibility index (Phi) is 4.66. The molecule has 100 valence electrons. The van der Waals surface area contributed by atoms with Crippen LogP contribution in [0.3, 0.4) is 0 Å². The fourth-order valence-electron chi connectivity index (χ4n) is 1.46. The number of rotatable bonds is 2. The Morgan fingerprint density at radius 2 is 1.26 bits per heavy atom. The number of halogens is 1. The molecular weight excluding hydrogens is 264 g/mol. The Bertz CT molecular complexity index is 460. The van der Waals surface area contributed by atoms with Gasteiger partial charge in [-0.15, -0.1) is 11.6 Å². The van der Waals surface area contributed by atoms with E-state index in [1.54, 1.807) is 24.3 Å². The molecule has 3 nitrogen and oxygen atoms in total. The molecule has 1 fully saturated rings. The molecule has 0 bridgehead atoms. The van der Waals surface area contributed by atoms with Crippen molar-refractivity contribution in [2.45, 2.75) is 6.10 Å². The molecule has 2 aromatic rings. The Morgan fingerprint density at radius 1 is 0.895 bits per heavy atom.